The van der Waals surface area contributed by atoms with Gasteiger partial charge in [0.1, 0.15) is 6.04 Å². The van der Waals surface area contributed by atoms with E-state index in [1.54, 1.807) is 12.1 Å². The summed E-state index contributed by atoms with van der Waals surface area (Å²) in [6.45, 7) is 17.4. The monoisotopic (exact) mass is 930 g/mol. The molecule has 3 fully saturated rings. The predicted molar refractivity (Wildman–Crippen MR) is 262 cm³/mol. The highest BCUT2D eigenvalue weighted by molar-refractivity contribution is 6.23. The summed E-state index contributed by atoms with van der Waals surface area (Å²) in [5, 5.41) is 18.1. The van der Waals surface area contributed by atoms with Gasteiger partial charge in [-0.25, -0.2) is 0 Å². The zero-order valence-corrected chi connectivity index (χ0v) is 40.0. The molecule has 4 aliphatic rings. The van der Waals surface area contributed by atoms with Crippen LogP contribution >= 0.6 is 0 Å². The molecular formula is C53H58N10O6. The van der Waals surface area contributed by atoms with Gasteiger partial charge in [0, 0.05) is 85.5 Å². The molecule has 3 atom stereocenters. The lowest BCUT2D eigenvalue weighted by molar-refractivity contribution is -0.136. The Hall–Kier alpha value is -7.20. The third-order valence-corrected chi connectivity index (χ3v) is 14.4. The van der Waals surface area contributed by atoms with E-state index in [1.807, 2.05) is 45.9 Å². The lowest BCUT2D eigenvalue weighted by Gasteiger charge is -2.47. The number of aryl methyl sites for hydroxylation is 1. The van der Waals surface area contributed by atoms with E-state index >= 15 is 0 Å². The Morgan fingerprint density at radius 3 is 2.19 bits per heavy atom. The lowest BCUT2D eigenvalue weighted by atomic mass is 9.93. The average Bonchev–Trinajstić information content (AvgIpc) is 4.07. The van der Waals surface area contributed by atoms with Crippen LogP contribution in [0.4, 0.5) is 11.4 Å². The van der Waals surface area contributed by atoms with Crippen LogP contribution in [0.2, 0.25) is 0 Å². The minimum atomic E-state index is -0.980. The Morgan fingerprint density at radius 2 is 1.49 bits per heavy atom. The summed E-state index contributed by atoms with van der Waals surface area (Å²) < 4.78 is 5.21. The van der Waals surface area contributed by atoms with Crippen molar-refractivity contribution >= 4 is 51.8 Å². The van der Waals surface area contributed by atoms with E-state index in [1.165, 1.54) is 5.69 Å². The number of benzene rings is 4. The number of fused-ring (bicyclic) bond motifs is 2. The summed E-state index contributed by atoms with van der Waals surface area (Å²) >= 11 is 0. The van der Waals surface area contributed by atoms with Crippen LogP contribution in [0.1, 0.15) is 109 Å². The minimum absolute atomic E-state index is 0.0462. The maximum Gasteiger partial charge on any atom is 0.315 e. The van der Waals surface area contributed by atoms with Gasteiger partial charge in [0.05, 0.1) is 22.3 Å². The van der Waals surface area contributed by atoms with Gasteiger partial charge in [-0.3, -0.25) is 44.2 Å². The SMILES string of the molecule is Cc1cc(-c2n[nH]c3ccc(-c4ccc(N5CCC(CN6C(C)CN(c7ccc8c(c7)C(=O)N(C7CCC(=O)NC7=O)C8=O)CC6C)CC5)cc4)cc23)ccc1CNC(=O)c1nc(C(C)(C)C)no1. The number of nitrogens with one attached hydrogen (secondary N) is 3. The number of hydrogen-bond acceptors (Lipinski definition) is 12. The quantitative estimate of drug-likeness (QED) is 0.119. The number of piperazine rings is 1. The molecule has 69 heavy (non-hydrogen) atoms. The molecule has 0 bridgehead atoms. The van der Waals surface area contributed by atoms with Crippen molar-refractivity contribution in [2.45, 2.75) is 97.3 Å². The fourth-order valence-corrected chi connectivity index (χ4v) is 10.4. The van der Waals surface area contributed by atoms with Gasteiger partial charge in [0.15, 0.2) is 5.82 Å². The predicted octanol–water partition coefficient (Wildman–Crippen LogP) is 7.03. The Labute approximate surface area is 400 Å². The first-order valence-corrected chi connectivity index (χ1v) is 24.0. The molecule has 3 N–H and O–H groups in total. The van der Waals surface area contributed by atoms with Crippen molar-refractivity contribution in [3.8, 4) is 22.4 Å². The van der Waals surface area contributed by atoms with Gasteiger partial charge >= 0.3 is 11.8 Å². The van der Waals surface area contributed by atoms with Crippen LogP contribution in [0.25, 0.3) is 33.3 Å². The molecule has 16 nitrogen and oxygen atoms in total. The molecule has 0 aliphatic carbocycles. The molecule has 4 aliphatic heterocycles. The molecule has 6 aromatic rings. The zero-order chi connectivity index (χ0) is 48.3. The second-order valence-electron chi connectivity index (χ2n) is 20.3. The van der Waals surface area contributed by atoms with Crippen molar-refractivity contribution in [3.05, 3.63) is 113 Å². The molecule has 4 aromatic carbocycles. The highest BCUT2D eigenvalue weighted by Crippen LogP contribution is 2.35. The smallest absolute Gasteiger partial charge is 0.315 e. The Balaban J connectivity index is 0.727. The van der Waals surface area contributed by atoms with Gasteiger partial charge in [-0.1, -0.05) is 56.3 Å². The number of nitrogens with zero attached hydrogens (tertiary/aromatic N) is 7. The Morgan fingerprint density at radius 1 is 0.797 bits per heavy atom. The summed E-state index contributed by atoms with van der Waals surface area (Å²) in [6, 6.07) is 26.4. The molecule has 3 saturated heterocycles. The van der Waals surface area contributed by atoms with E-state index in [2.05, 4.69) is 103 Å². The van der Waals surface area contributed by atoms with Gasteiger partial charge in [-0.05, 0) is 117 Å². The standard InChI is InChI=1S/C53H58N10O6/c1-30-23-36(7-8-37(30)26-54-48(66)49-56-52(59-69-49)53(4,5)6)46-42-24-35(11-16-43(42)57-58-46)34-9-12-38(13-10-34)60-21-19-33(20-22-60)29-62-31(2)27-61(28-32(62)3)39-14-15-40-41(25-39)51(68)63(50(40)67)44-17-18-45(64)55-47(44)65/h7-16,23-25,31-33,44H,17-22,26-29H2,1-6H3,(H,54,66)(H,57,58)(H,55,64,65). The molecule has 6 heterocycles. The van der Waals surface area contributed by atoms with Gasteiger partial charge in [-0.15, -0.1) is 0 Å². The highest BCUT2D eigenvalue weighted by atomic mass is 16.5. The molecule has 2 aromatic heterocycles. The number of imide groups is 2. The largest absolute Gasteiger partial charge is 0.372 e. The van der Waals surface area contributed by atoms with Gasteiger partial charge in [0.2, 0.25) is 11.8 Å². The van der Waals surface area contributed by atoms with E-state index < -0.39 is 29.7 Å². The van der Waals surface area contributed by atoms with Crippen molar-refractivity contribution in [1.82, 2.24) is 40.8 Å². The zero-order valence-electron chi connectivity index (χ0n) is 40.0. The second-order valence-corrected chi connectivity index (χ2v) is 20.3. The van der Waals surface area contributed by atoms with E-state index in [0.717, 1.165) is 101 Å². The summed E-state index contributed by atoms with van der Waals surface area (Å²) in [5.74, 6) is -1.34. The number of anilines is 2. The molecule has 3 unspecified atom stereocenters. The summed E-state index contributed by atoms with van der Waals surface area (Å²) in [5.41, 5.74) is 9.47. The molecule has 0 radical (unpaired) electrons. The van der Waals surface area contributed by atoms with Crippen molar-refractivity contribution in [1.29, 1.82) is 0 Å². The van der Waals surface area contributed by atoms with Crippen molar-refractivity contribution in [2.75, 3.05) is 42.5 Å². The van der Waals surface area contributed by atoms with Crippen LogP contribution in [0.3, 0.4) is 0 Å². The maximum absolute atomic E-state index is 13.5. The maximum atomic E-state index is 13.5. The van der Waals surface area contributed by atoms with Crippen molar-refractivity contribution in [2.24, 2.45) is 5.92 Å². The molecule has 0 saturated carbocycles. The summed E-state index contributed by atoms with van der Waals surface area (Å²) in [4.78, 5) is 76.6. The molecule has 16 heteroatoms. The lowest BCUT2D eigenvalue weighted by Crippen LogP contribution is -2.58. The minimum Gasteiger partial charge on any atom is -0.372 e. The number of piperidine rings is 2. The van der Waals surface area contributed by atoms with Crippen molar-refractivity contribution < 1.29 is 28.5 Å². The third-order valence-electron chi connectivity index (χ3n) is 14.4. The number of amides is 5. The number of hydrogen-bond donors (Lipinski definition) is 3. The van der Waals surface area contributed by atoms with Gasteiger partial charge < -0.3 is 19.6 Å². The highest BCUT2D eigenvalue weighted by Gasteiger charge is 2.45. The number of carbonyl (C=O) groups excluding carboxylic acids is 5. The second kappa shape index (κ2) is 18.0. The fraction of sp³-hybridized carbons (Fsp3) is 0.396. The molecule has 356 valence electrons. The molecular weight excluding hydrogens is 873 g/mol. The van der Waals surface area contributed by atoms with Crippen LogP contribution in [0, 0.1) is 12.8 Å². The Kier molecular flexibility index (Phi) is 11.9. The first kappa shape index (κ1) is 45.6. The summed E-state index contributed by atoms with van der Waals surface area (Å²) in [7, 11) is 0. The van der Waals surface area contributed by atoms with Crippen LogP contribution in [0.15, 0.2) is 83.4 Å². The number of aromatic nitrogens is 4. The van der Waals surface area contributed by atoms with Crippen LogP contribution < -0.4 is 20.4 Å². The normalized spacial score (nSPS) is 20.5. The number of H-pyrrole nitrogens is 1. The van der Waals surface area contributed by atoms with Crippen molar-refractivity contribution in [3.63, 3.8) is 0 Å². The first-order chi connectivity index (χ1) is 33.1. The number of rotatable bonds is 10. The topological polar surface area (TPSA) is 190 Å². The fourth-order valence-electron chi connectivity index (χ4n) is 10.4. The van der Waals surface area contributed by atoms with Crippen LogP contribution in [-0.4, -0.2) is 111 Å². The molecule has 10 rings (SSSR count). The first-order valence-electron chi connectivity index (χ1n) is 24.0. The third kappa shape index (κ3) is 8.89. The van der Waals surface area contributed by atoms with Crippen LogP contribution in [0.5, 0.6) is 0 Å². The molecule has 5 amide bonds. The number of carbonyl (C=O) groups is 5. The summed E-state index contributed by atoms with van der Waals surface area (Å²) in [6.07, 6.45) is 2.45. The Bertz CT molecular complexity index is 2990. The average molecular weight is 931 g/mol. The molecule has 0 spiro atoms. The van der Waals surface area contributed by atoms with Gasteiger partial charge in [-0.2, -0.15) is 10.1 Å². The van der Waals surface area contributed by atoms with E-state index in [9.17, 15) is 24.0 Å². The van der Waals surface area contributed by atoms with Crippen LogP contribution in [-0.2, 0) is 21.5 Å². The number of aromatic amines is 1. The van der Waals surface area contributed by atoms with E-state index in [4.69, 9.17) is 9.62 Å². The van der Waals surface area contributed by atoms with E-state index in [-0.39, 0.29) is 42.1 Å². The van der Waals surface area contributed by atoms with Gasteiger partial charge in [0.25, 0.3) is 11.8 Å². The van der Waals surface area contributed by atoms with E-state index in [0.29, 0.717) is 29.4 Å².